The second-order valence-corrected chi connectivity index (χ2v) is 18.2. The van der Waals surface area contributed by atoms with Crippen molar-refractivity contribution in [2.75, 3.05) is 6.61 Å². The molecule has 0 heterocycles. The van der Waals surface area contributed by atoms with Crippen LogP contribution in [-0.4, -0.2) is 23.0 Å². The van der Waals surface area contributed by atoms with Crippen molar-refractivity contribution in [3.8, 4) is 0 Å². The fraction of sp³-hybridized carbons (Fsp3) is 0.391. The summed E-state index contributed by atoms with van der Waals surface area (Å²) in [5, 5.41) is 1.58. The summed E-state index contributed by atoms with van der Waals surface area (Å²) in [6, 6.07) is 9.80. The zero-order chi connectivity index (χ0) is 18.9. The SMILES string of the molecule is CC=C1C(C2=CC([Si](C)(C)CCO[Si](C)(C)C)=CC2)=[C-]c2ccccc21.[Cl-].[Cl-].[Zr+3]. The van der Waals surface area contributed by atoms with Crippen molar-refractivity contribution < 1.29 is 55.4 Å². The van der Waals surface area contributed by atoms with Crippen LogP contribution in [0.2, 0.25) is 38.8 Å². The van der Waals surface area contributed by atoms with E-state index in [0.29, 0.717) is 0 Å². The Bertz CT molecular complexity index is 834. The van der Waals surface area contributed by atoms with Crippen LogP contribution in [0.5, 0.6) is 0 Å². The second kappa shape index (κ2) is 11.6. The average Bonchev–Trinajstić information content (AvgIpc) is 3.18. The molecule has 1 nitrogen and oxygen atoms in total. The number of rotatable bonds is 6. The summed E-state index contributed by atoms with van der Waals surface area (Å²) in [5.41, 5.74) is 6.60. The van der Waals surface area contributed by atoms with Gasteiger partial charge in [0.15, 0.2) is 8.32 Å². The normalized spacial score (nSPS) is 16.8. The quantitative estimate of drug-likeness (QED) is 0.378. The third kappa shape index (κ3) is 7.02. The van der Waals surface area contributed by atoms with Crippen molar-refractivity contribution in [2.45, 2.75) is 52.1 Å². The minimum absolute atomic E-state index is 0. The van der Waals surface area contributed by atoms with Gasteiger partial charge in [0.1, 0.15) is 0 Å². The average molecular weight is 542 g/mol. The van der Waals surface area contributed by atoms with Crippen LogP contribution in [0.25, 0.3) is 5.57 Å². The first kappa shape index (κ1) is 29.0. The van der Waals surface area contributed by atoms with Crippen molar-refractivity contribution in [2.24, 2.45) is 0 Å². The van der Waals surface area contributed by atoms with E-state index in [1.807, 2.05) is 0 Å². The molecule has 0 aromatic heterocycles. The smallest absolute Gasteiger partial charge is 1.00 e. The van der Waals surface area contributed by atoms with Crippen molar-refractivity contribution >= 4 is 22.0 Å². The van der Waals surface area contributed by atoms with E-state index in [0.717, 1.165) is 13.0 Å². The molecule has 1 aromatic rings. The monoisotopic (exact) mass is 539 g/mol. The van der Waals surface area contributed by atoms with Gasteiger partial charge in [-0.15, -0.1) is 46.1 Å². The number of hydrogen-bond acceptors (Lipinski definition) is 1. The van der Waals surface area contributed by atoms with Gasteiger partial charge in [-0.05, 0) is 32.1 Å². The van der Waals surface area contributed by atoms with Gasteiger partial charge in [0.2, 0.25) is 0 Å². The topological polar surface area (TPSA) is 9.23 Å². The van der Waals surface area contributed by atoms with Crippen molar-refractivity contribution in [3.05, 3.63) is 76.0 Å². The Morgan fingerprint density at radius 1 is 1.07 bits per heavy atom. The van der Waals surface area contributed by atoms with E-state index in [-0.39, 0.29) is 51.0 Å². The summed E-state index contributed by atoms with van der Waals surface area (Å²) in [5.74, 6) is 0. The summed E-state index contributed by atoms with van der Waals surface area (Å²) in [6.45, 7) is 14.8. The molecule has 0 saturated heterocycles. The van der Waals surface area contributed by atoms with Gasteiger partial charge in [0.25, 0.3) is 0 Å². The molecule has 0 atom stereocenters. The van der Waals surface area contributed by atoms with Gasteiger partial charge in [-0.3, -0.25) is 0 Å². The van der Waals surface area contributed by atoms with Gasteiger partial charge in [-0.25, -0.2) is 0 Å². The fourth-order valence-electron chi connectivity index (χ4n) is 3.64. The van der Waals surface area contributed by atoms with Crippen LogP contribution in [0.4, 0.5) is 0 Å². The number of fused-ring (bicyclic) bond motifs is 1. The van der Waals surface area contributed by atoms with Crippen molar-refractivity contribution in [3.63, 3.8) is 0 Å². The predicted molar refractivity (Wildman–Crippen MR) is 118 cm³/mol. The Hall–Kier alpha value is 0.0369. The van der Waals surface area contributed by atoms with Gasteiger partial charge in [-0.1, -0.05) is 55.6 Å². The third-order valence-corrected chi connectivity index (χ3v) is 9.71. The minimum Gasteiger partial charge on any atom is -1.00 e. The summed E-state index contributed by atoms with van der Waals surface area (Å²) in [4.78, 5) is 0. The van der Waals surface area contributed by atoms with Crippen LogP contribution in [0.3, 0.4) is 0 Å². The molecule has 155 valence electrons. The van der Waals surface area contributed by atoms with E-state index in [1.54, 1.807) is 5.20 Å². The van der Waals surface area contributed by atoms with Gasteiger partial charge in [0.05, 0.1) is 8.07 Å². The summed E-state index contributed by atoms with van der Waals surface area (Å²) < 4.78 is 6.13. The van der Waals surface area contributed by atoms with Crippen LogP contribution >= 0.6 is 0 Å². The molecule has 2 aliphatic rings. The molecule has 1 aromatic carbocycles. The zero-order valence-corrected chi connectivity index (χ0v) is 24.3. The van der Waals surface area contributed by atoms with Gasteiger partial charge in [-0.2, -0.15) is 0 Å². The Balaban J connectivity index is 0.00000261. The molecule has 29 heavy (non-hydrogen) atoms. The number of allylic oxidation sites excluding steroid dienone is 7. The molecule has 0 amide bonds. The van der Waals surface area contributed by atoms with E-state index in [9.17, 15) is 0 Å². The Kier molecular flexibility index (Phi) is 11.6. The van der Waals surface area contributed by atoms with Crippen molar-refractivity contribution in [1.82, 2.24) is 0 Å². The van der Waals surface area contributed by atoms with Crippen LogP contribution < -0.4 is 24.8 Å². The van der Waals surface area contributed by atoms with Gasteiger partial charge < -0.3 is 29.2 Å². The Morgan fingerprint density at radius 2 is 1.72 bits per heavy atom. The summed E-state index contributed by atoms with van der Waals surface area (Å²) in [7, 11) is -2.87. The molecule has 1 radical (unpaired) electrons. The van der Waals surface area contributed by atoms with Crippen LogP contribution in [0.15, 0.2) is 58.8 Å². The molecule has 6 heteroatoms. The summed E-state index contributed by atoms with van der Waals surface area (Å²) in [6.07, 6.45) is 11.8. The molecule has 0 fully saturated rings. The molecule has 3 rings (SSSR count). The van der Waals surface area contributed by atoms with E-state index >= 15 is 0 Å². The first-order valence-electron chi connectivity index (χ1n) is 9.67. The molecule has 0 bridgehead atoms. The molecule has 0 N–H and O–H groups in total. The Labute approximate surface area is 210 Å². The third-order valence-electron chi connectivity index (χ3n) is 5.27. The van der Waals surface area contributed by atoms with Gasteiger partial charge >= 0.3 is 26.2 Å². The molecule has 2 aliphatic carbocycles. The second-order valence-electron chi connectivity index (χ2n) is 8.88. The predicted octanol–water partition coefficient (Wildman–Crippen LogP) is 0.542. The van der Waals surface area contributed by atoms with Gasteiger partial charge in [0, 0.05) is 6.61 Å². The molecular weight excluding hydrogens is 511 g/mol. The fourth-order valence-corrected chi connectivity index (χ4v) is 6.68. The van der Waals surface area contributed by atoms with E-state index in [1.165, 1.54) is 33.9 Å². The number of benzene rings is 1. The van der Waals surface area contributed by atoms with E-state index in [4.69, 9.17) is 4.43 Å². The molecule has 0 spiro atoms. The van der Waals surface area contributed by atoms with Crippen LogP contribution in [0, 0.1) is 6.08 Å². The maximum Gasteiger partial charge on any atom is 3.00 e. The minimum atomic E-state index is -1.45. The van der Waals surface area contributed by atoms with E-state index in [2.05, 4.69) is 88.2 Å². The number of hydrogen-bond donors (Lipinski definition) is 0. The Morgan fingerprint density at radius 3 is 2.34 bits per heavy atom. The molecule has 0 saturated carbocycles. The van der Waals surface area contributed by atoms with Crippen LogP contribution in [-0.2, 0) is 30.6 Å². The largest absolute Gasteiger partial charge is 3.00 e. The molecule has 0 unspecified atom stereocenters. The van der Waals surface area contributed by atoms with E-state index < -0.39 is 16.4 Å². The summed E-state index contributed by atoms with van der Waals surface area (Å²) >= 11 is 0. The van der Waals surface area contributed by atoms with Crippen molar-refractivity contribution in [1.29, 1.82) is 0 Å². The zero-order valence-electron chi connectivity index (χ0n) is 18.3. The molecular formula is C23H31Cl2OSi2Zr. The number of halogens is 2. The van der Waals surface area contributed by atoms with Crippen LogP contribution in [0.1, 0.15) is 24.5 Å². The first-order valence-corrected chi connectivity index (χ1v) is 16.3. The first-order chi connectivity index (χ1) is 12.2. The maximum absolute atomic E-state index is 6.13. The standard InChI is InChI=1S/C23H31OSi2.2ClH.Zr/c1-7-21-22-11-9-8-10-18(22)17-23(21)19-12-13-20(16-19)26(5,6)15-14-24-25(2,3)4;;;/h7-11,13,16H,12,14-15H2,1-6H3;2*1H;/q-1;;;+3/p-2. The maximum atomic E-state index is 6.13. The molecule has 0 aliphatic heterocycles.